The van der Waals surface area contributed by atoms with Crippen LogP contribution in [0, 0.1) is 4.84 Å². The van der Waals surface area contributed by atoms with Crippen LogP contribution < -0.4 is 9.47 Å². The van der Waals surface area contributed by atoms with E-state index in [1.807, 2.05) is 31.3 Å². The molecule has 0 radical (unpaired) electrons. The number of hydrogen-bond acceptors (Lipinski definition) is 7. The van der Waals surface area contributed by atoms with Crippen molar-refractivity contribution in [2.24, 2.45) is 0 Å². The molecule has 9 heteroatoms. The van der Waals surface area contributed by atoms with Crippen molar-refractivity contribution in [2.75, 3.05) is 21.3 Å². The third kappa shape index (κ3) is 4.45. The van der Waals surface area contributed by atoms with Crippen molar-refractivity contribution in [2.45, 2.75) is 13.2 Å². The van der Waals surface area contributed by atoms with Gasteiger partial charge in [0.05, 0.1) is 25.2 Å². The molecule has 0 unspecified atom stereocenters. The van der Waals surface area contributed by atoms with E-state index in [9.17, 15) is 0 Å². The lowest BCUT2D eigenvalue weighted by Crippen LogP contribution is -2.22. The molecule has 0 atom stereocenters. The van der Waals surface area contributed by atoms with Crippen molar-refractivity contribution in [3.8, 4) is 23.0 Å². The molecule has 0 aliphatic carbocycles. The molecule has 0 spiro atoms. The summed E-state index contributed by atoms with van der Waals surface area (Å²) in [5.74, 6) is 1.73. The lowest BCUT2D eigenvalue weighted by Gasteiger charge is -2.14. The van der Waals surface area contributed by atoms with Gasteiger partial charge in [0.2, 0.25) is 5.89 Å². The third-order valence-electron chi connectivity index (χ3n) is 3.63. The van der Waals surface area contributed by atoms with Gasteiger partial charge in [-0.3, -0.25) is 4.90 Å². The number of nitrogens with zero attached hydrogens (tertiary/aromatic N) is 3. The quantitative estimate of drug-likeness (QED) is 0.525. The summed E-state index contributed by atoms with van der Waals surface area (Å²) in [7, 11) is 5.18. The van der Waals surface area contributed by atoms with Crippen LogP contribution in [0.25, 0.3) is 11.5 Å². The molecule has 2 aromatic heterocycles. The molecule has 0 bridgehead atoms. The fraction of sp³-hybridized carbons (Fsp3) is 0.294. The summed E-state index contributed by atoms with van der Waals surface area (Å²) in [4.78, 5) is 3.55. The first-order valence-corrected chi connectivity index (χ1v) is 9.33. The summed E-state index contributed by atoms with van der Waals surface area (Å²) in [6.07, 6.45) is 0. The van der Waals surface area contributed by atoms with Crippen molar-refractivity contribution < 1.29 is 13.9 Å². The van der Waals surface area contributed by atoms with Crippen LogP contribution in [0.2, 0.25) is 4.34 Å². The molecule has 6 nitrogen and oxygen atoms in total. The van der Waals surface area contributed by atoms with Gasteiger partial charge in [0, 0.05) is 23.1 Å². The van der Waals surface area contributed by atoms with Gasteiger partial charge >= 0.3 is 0 Å². The summed E-state index contributed by atoms with van der Waals surface area (Å²) in [5, 5.41) is 4.49. The maximum atomic E-state index is 5.98. The number of halogens is 1. The molecule has 1 aromatic carbocycles. The number of benzene rings is 1. The second-order valence-corrected chi connectivity index (χ2v) is 7.78. The highest BCUT2D eigenvalue weighted by Crippen LogP contribution is 2.29. The van der Waals surface area contributed by atoms with Gasteiger partial charge < -0.3 is 13.9 Å². The Hall–Kier alpha value is -1.87. The number of ether oxygens (including phenoxy) is 2. The van der Waals surface area contributed by atoms with Crippen molar-refractivity contribution in [3.63, 3.8) is 0 Å². The van der Waals surface area contributed by atoms with E-state index in [1.165, 1.54) is 4.88 Å². The highest BCUT2D eigenvalue weighted by molar-refractivity contribution is 7.71. The number of thiophene rings is 1. The van der Waals surface area contributed by atoms with Crippen LogP contribution in [0.4, 0.5) is 0 Å². The molecular weight excluding hydrogens is 394 g/mol. The molecule has 0 N–H and O–H groups in total. The average molecular weight is 412 g/mol. The number of aromatic nitrogens is 2. The molecule has 0 aliphatic rings. The Labute approximate surface area is 165 Å². The summed E-state index contributed by atoms with van der Waals surface area (Å²) in [6.45, 7) is 1.24. The van der Waals surface area contributed by atoms with E-state index in [1.54, 1.807) is 36.3 Å². The normalized spacial score (nSPS) is 11.1. The zero-order valence-electron chi connectivity index (χ0n) is 14.6. The Morgan fingerprint density at radius 3 is 2.50 bits per heavy atom. The number of hydrogen-bond donors (Lipinski definition) is 0. The molecule has 2 heterocycles. The molecule has 0 aliphatic heterocycles. The van der Waals surface area contributed by atoms with E-state index in [4.69, 9.17) is 37.7 Å². The molecular formula is C17H18ClN3O3S2. The molecule has 26 heavy (non-hydrogen) atoms. The molecule has 3 aromatic rings. The lowest BCUT2D eigenvalue weighted by atomic mass is 10.2. The number of rotatable bonds is 7. The Bertz CT molecular complexity index is 929. The minimum atomic E-state index is 0.304. The summed E-state index contributed by atoms with van der Waals surface area (Å²) < 4.78 is 18.7. The first-order chi connectivity index (χ1) is 12.5. The summed E-state index contributed by atoms with van der Waals surface area (Å²) in [6, 6.07) is 9.34. The van der Waals surface area contributed by atoms with E-state index in [0.29, 0.717) is 28.9 Å². The maximum absolute atomic E-state index is 5.98. The Kier molecular flexibility index (Phi) is 5.98. The SMILES string of the molecule is COc1cc(OC)cc(-c2nn(CN(C)Cc3ccc(Cl)s3)c(=S)o2)c1. The first-order valence-electron chi connectivity index (χ1n) is 7.72. The average Bonchev–Trinajstić information content (AvgIpc) is 3.20. The van der Waals surface area contributed by atoms with Gasteiger partial charge in [0.1, 0.15) is 11.5 Å². The first kappa shape index (κ1) is 18.9. The van der Waals surface area contributed by atoms with Gasteiger partial charge in [0.25, 0.3) is 4.84 Å². The fourth-order valence-electron chi connectivity index (χ4n) is 2.42. The zero-order valence-corrected chi connectivity index (χ0v) is 17.0. The van der Waals surface area contributed by atoms with E-state index in [0.717, 1.165) is 16.4 Å². The predicted octanol–water partition coefficient (Wildman–Crippen LogP) is 4.69. The van der Waals surface area contributed by atoms with Crippen LogP contribution in [0.5, 0.6) is 11.5 Å². The Morgan fingerprint density at radius 2 is 1.92 bits per heavy atom. The lowest BCUT2D eigenvalue weighted by molar-refractivity contribution is 0.242. The number of methoxy groups -OCH3 is 2. The van der Waals surface area contributed by atoms with Gasteiger partial charge in [-0.25, -0.2) is 4.68 Å². The van der Waals surface area contributed by atoms with E-state index in [2.05, 4.69) is 10.00 Å². The second kappa shape index (κ2) is 8.22. The van der Waals surface area contributed by atoms with Crippen LogP contribution in [0.3, 0.4) is 0 Å². The molecule has 0 amide bonds. The highest BCUT2D eigenvalue weighted by atomic mass is 35.5. The topological polar surface area (TPSA) is 52.7 Å². The third-order valence-corrected chi connectivity index (χ3v) is 5.14. The molecule has 0 saturated carbocycles. The van der Waals surface area contributed by atoms with Crippen LogP contribution in [0.15, 0.2) is 34.7 Å². The minimum absolute atomic E-state index is 0.304. The maximum Gasteiger partial charge on any atom is 0.288 e. The minimum Gasteiger partial charge on any atom is -0.497 e. The van der Waals surface area contributed by atoms with Crippen LogP contribution in [-0.2, 0) is 13.2 Å². The van der Waals surface area contributed by atoms with E-state index in [-0.39, 0.29) is 0 Å². The van der Waals surface area contributed by atoms with Gasteiger partial charge in [0.15, 0.2) is 0 Å². The van der Waals surface area contributed by atoms with Crippen molar-refractivity contribution in [1.82, 2.24) is 14.7 Å². The van der Waals surface area contributed by atoms with E-state index < -0.39 is 0 Å². The fourth-order valence-corrected chi connectivity index (χ4v) is 3.77. The molecule has 0 fully saturated rings. The largest absolute Gasteiger partial charge is 0.497 e. The zero-order chi connectivity index (χ0) is 18.7. The standard InChI is InChI=1S/C17H18ClN3O3S2/c1-20(9-14-4-5-15(18)26-14)10-21-17(25)24-16(19-21)11-6-12(22-2)8-13(7-11)23-3/h4-8H,9-10H2,1-3H3. The summed E-state index contributed by atoms with van der Waals surface area (Å²) in [5.41, 5.74) is 0.735. The smallest absolute Gasteiger partial charge is 0.288 e. The van der Waals surface area contributed by atoms with E-state index >= 15 is 0 Å². The van der Waals surface area contributed by atoms with Crippen molar-refractivity contribution in [3.05, 3.63) is 44.4 Å². The van der Waals surface area contributed by atoms with Crippen molar-refractivity contribution in [1.29, 1.82) is 0 Å². The van der Waals surface area contributed by atoms with Gasteiger partial charge in [-0.2, -0.15) is 0 Å². The molecule has 0 saturated heterocycles. The molecule has 138 valence electrons. The van der Waals surface area contributed by atoms with Gasteiger partial charge in [-0.1, -0.05) is 11.6 Å². The summed E-state index contributed by atoms with van der Waals surface area (Å²) >= 11 is 12.8. The van der Waals surface area contributed by atoms with Crippen LogP contribution >= 0.6 is 35.2 Å². The van der Waals surface area contributed by atoms with Gasteiger partial charge in [-0.05, 0) is 43.5 Å². The Balaban J connectivity index is 1.79. The van der Waals surface area contributed by atoms with Crippen LogP contribution in [0.1, 0.15) is 4.88 Å². The van der Waals surface area contributed by atoms with Gasteiger partial charge in [-0.15, -0.1) is 16.4 Å². The van der Waals surface area contributed by atoms with Crippen molar-refractivity contribution >= 4 is 35.2 Å². The predicted molar refractivity (Wildman–Crippen MR) is 105 cm³/mol. The second-order valence-electron chi connectivity index (χ2n) is 5.64. The monoisotopic (exact) mass is 411 g/mol. The van der Waals surface area contributed by atoms with Crippen LogP contribution in [-0.4, -0.2) is 35.9 Å². The highest BCUT2D eigenvalue weighted by Gasteiger charge is 2.13. The molecule has 3 rings (SSSR count). The Morgan fingerprint density at radius 1 is 1.23 bits per heavy atom.